The van der Waals surface area contributed by atoms with E-state index in [-0.39, 0.29) is 18.6 Å². The minimum atomic E-state index is -0.548. The zero-order chi connectivity index (χ0) is 21.4. The van der Waals surface area contributed by atoms with Crippen molar-refractivity contribution < 1.29 is 14.3 Å². The fourth-order valence-corrected chi connectivity index (χ4v) is 3.13. The minimum Gasteiger partial charge on any atom is -0.452 e. The Labute approximate surface area is 173 Å². The zero-order valence-electron chi connectivity index (χ0n) is 18.0. The number of amides is 1. The lowest BCUT2D eigenvalue weighted by Gasteiger charge is -2.12. The highest BCUT2D eigenvalue weighted by atomic mass is 16.5. The quantitative estimate of drug-likeness (QED) is 0.517. The topological polar surface area (TPSA) is 73.2 Å². The number of ether oxygens (including phenoxy) is 1. The van der Waals surface area contributed by atoms with Crippen LogP contribution in [0.5, 0.6) is 0 Å². The van der Waals surface area contributed by atoms with Crippen LogP contribution in [0.25, 0.3) is 6.08 Å². The highest BCUT2D eigenvalue weighted by molar-refractivity contribution is 5.89. The zero-order valence-corrected chi connectivity index (χ0v) is 18.0. The first-order valence-corrected chi connectivity index (χ1v) is 10.0. The summed E-state index contributed by atoms with van der Waals surface area (Å²) >= 11 is 0. The van der Waals surface area contributed by atoms with Crippen molar-refractivity contribution in [3.63, 3.8) is 0 Å². The molecule has 2 aromatic rings. The maximum Gasteiger partial charge on any atom is 0.331 e. The van der Waals surface area contributed by atoms with Gasteiger partial charge in [-0.1, -0.05) is 43.2 Å². The molecule has 29 heavy (non-hydrogen) atoms. The average molecular weight is 398 g/mol. The lowest BCUT2D eigenvalue weighted by Crippen LogP contribution is -2.35. The molecule has 0 bridgehead atoms. The summed E-state index contributed by atoms with van der Waals surface area (Å²) in [4.78, 5) is 23.8. The molecule has 1 heterocycles. The van der Waals surface area contributed by atoms with Crippen LogP contribution in [0.1, 0.15) is 54.8 Å². The predicted octanol–water partition coefficient (Wildman–Crippen LogP) is 3.72. The van der Waals surface area contributed by atoms with E-state index >= 15 is 0 Å². The van der Waals surface area contributed by atoms with Crippen molar-refractivity contribution in [2.45, 2.75) is 60.0 Å². The Bertz CT molecular complexity index is 866. The van der Waals surface area contributed by atoms with E-state index < -0.39 is 5.97 Å². The number of rotatable bonds is 9. The molecule has 6 nitrogen and oxygen atoms in total. The molecule has 1 aromatic carbocycles. The molecule has 0 saturated carbocycles. The lowest BCUT2D eigenvalue weighted by atomic mass is 10.1. The van der Waals surface area contributed by atoms with Crippen molar-refractivity contribution in [2.75, 3.05) is 6.61 Å². The van der Waals surface area contributed by atoms with Crippen LogP contribution >= 0.6 is 0 Å². The Balaban J connectivity index is 1.94. The van der Waals surface area contributed by atoms with E-state index in [1.54, 1.807) is 6.08 Å². The maximum absolute atomic E-state index is 12.0. The fraction of sp³-hybridized carbons (Fsp3) is 0.435. The first-order valence-electron chi connectivity index (χ1n) is 10.0. The minimum absolute atomic E-state index is 0.0754. The van der Waals surface area contributed by atoms with Crippen molar-refractivity contribution in [3.8, 4) is 0 Å². The molecule has 0 aliphatic carbocycles. The second-order valence-corrected chi connectivity index (χ2v) is 7.43. The Morgan fingerprint density at radius 3 is 2.55 bits per heavy atom. The molecule has 6 heteroatoms. The third kappa shape index (κ3) is 6.89. The van der Waals surface area contributed by atoms with Crippen LogP contribution in [0.3, 0.4) is 0 Å². The van der Waals surface area contributed by atoms with E-state index in [1.165, 1.54) is 17.2 Å². The summed E-state index contributed by atoms with van der Waals surface area (Å²) in [5.41, 5.74) is 5.08. The molecule has 1 N–H and O–H groups in total. The molecule has 0 radical (unpaired) electrons. The lowest BCUT2D eigenvalue weighted by molar-refractivity contribution is -0.144. The number of carbonyl (C=O) groups is 2. The second kappa shape index (κ2) is 10.6. The van der Waals surface area contributed by atoms with Gasteiger partial charge in [0.2, 0.25) is 0 Å². The number of aryl methyl sites for hydroxylation is 2. The number of aromatic nitrogens is 2. The molecular weight excluding hydrogens is 366 g/mol. The largest absolute Gasteiger partial charge is 0.452 e. The molecule has 1 unspecified atom stereocenters. The first kappa shape index (κ1) is 22.4. The van der Waals surface area contributed by atoms with Gasteiger partial charge in [0, 0.05) is 23.4 Å². The van der Waals surface area contributed by atoms with Crippen LogP contribution in [0.2, 0.25) is 0 Å². The molecule has 0 aliphatic rings. The number of carbonyl (C=O) groups excluding carboxylic acids is 2. The molecule has 0 spiro atoms. The van der Waals surface area contributed by atoms with Gasteiger partial charge in [-0.3, -0.25) is 9.48 Å². The molecule has 156 valence electrons. The van der Waals surface area contributed by atoms with Crippen LogP contribution < -0.4 is 5.32 Å². The average Bonchev–Trinajstić information content (AvgIpc) is 2.93. The van der Waals surface area contributed by atoms with Gasteiger partial charge in [0.15, 0.2) is 6.61 Å². The van der Waals surface area contributed by atoms with Crippen LogP contribution in [0.4, 0.5) is 0 Å². The van der Waals surface area contributed by atoms with E-state index in [9.17, 15) is 9.59 Å². The highest BCUT2D eigenvalue weighted by Crippen LogP contribution is 2.17. The van der Waals surface area contributed by atoms with E-state index in [1.807, 2.05) is 25.5 Å². The molecule has 1 aromatic heterocycles. The number of nitrogens with zero attached hydrogens (tertiary/aromatic N) is 2. The monoisotopic (exact) mass is 397 g/mol. The van der Waals surface area contributed by atoms with Gasteiger partial charge in [-0.15, -0.1) is 0 Å². The summed E-state index contributed by atoms with van der Waals surface area (Å²) in [5, 5.41) is 7.38. The van der Waals surface area contributed by atoms with Gasteiger partial charge >= 0.3 is 5.97 Å². The Morgan fingerprint density at radius 1 is 1.21 bits per heavy atom. The van der Waals surface area contributed by atoms with Crippen molar-refractivity contribution in [1.29, 1.82) is 0 Å². The van der Waals surface area contributed by atoms with Gasteiger partial charge in [-0.05, 0) is 45.8 Å². The van der Waals surface area contributed by atoms with Crippen LogP contribution in [0.15, 0.2) is 30.3 Å². The van der Waals surface area contributed by atoms with Gasteiger partial charge in [-0.2, -0.15) is 5.10 Å². The van der Waals surface area contributed by atoms with Crippen molar-refractivity contribution in [2.24, 2.45) is 0 Å². The first-order chi connectivity index (χ1) is 13.8. The van der Waals surface area contributed by atoms with Crippen LogP contribution in [-0.4, -0.2) is 34.3 Å². The fourth-order valence-electron chi connectivity index (χ4n) is 3.13. The number of nitrogens with one attached hydrogen (secondary N) is 1. The number of hydrogen-bond acceptors (Lipinski definition) is 4. The summed E-state index contributed by atoms with van der Waals surface area (Å²) in [6.07, 6.45) is 4.92. The summed E-state index contributed by atoms with van der Waals surface area (Å²) in [6.45, 7) is 10.3. The third-order valence-corrected chi connectivity index (χ3v) is 4.75. The van der Waals surface area contributed by atoms with Gasteiger partial charge in [0.1, 0.15) is 0 Å². The maximum atomic E-state index is 12.0. The summed E-state index contributed by atoms with van der Waals surface area (Å²) in [7, 11) is 0. The summed E-state index contributed by atoms with van der Waals surface area (Å²) in [5.74, 6) is -0.834. The van der Waals surface area contributed by atoms with E-state index in [0.29, 0.717) is 6.54 Å². The van der Waals surface area contributed by atoms with Crippen molar-refractivity contribution in [3.05, 3.63) is 58.4 Å². The molecule has 0 fully saturated rings. The Hall–Kier alpha value is -2.89. The number of hydrogen-bond donors (Lipinski definition) is 1. The van der Waals surface area contributed by atoms with Gasteiger partial charge in [0.05, 0.1) is 12.2 Å². The van der Waals surface area contributed by atoms with E-state index in [0.717, 1.165) is 29.8 Å². The Morgan fingerprint density at radius 2 is 1.90 bits per heavy atom. The summed E-state index contributed by atoms with van der Waals surface area (Å²) < 4.78 is 6.96. The third-order valence-electron chi connectivity index (χ3n) is 4.75. The van der Waals surface area contributed by atoms with E-state index in [4.69, 9.17) is 4.74 Å². The van der Waals surface area contributed by atoms with Gasteiger partial charge in [-0.25, -0.2) is 4.79 Å². The van der Waals surface area contributed by atoms with Crippen molar-refractivity contribution >= 4 is 18.0 Å². The number of benzene rings is 1. The normalized spacial score (nSPS) is 12.2. The molecule has 0 saturated heterocycles. The van der Waals surface area contributed by atoms with Crippen molar-refractivity contribution in [1.82, 2.24) is 15.1 Å². The predicted molar refractivity (Wildman–Crippen MR) is 114 cm³/mol. The standard InChI is InChI=1S/C23H31N3O3/c1-6-7-17(3)24-22(27)15-29-23(28)13-12-21-18(4)25-26(19(21)5)14-20-10-8-16(2)9-11-20/h8-13,17H,6-7,14-15H2,1-5H3,(H,24,27). The Kier molecular flexibility index (Phi) is 8.19. The van der Waals surface area contributed by atoms with Crippen LogP contribution in [0, 0.1) is 20.8 Å². The SMILES string of the molecule is CCCC(C)NC(=O)COC(=O)C=Cc1c(C)nn(Cc2ccc(C)cc2)c1C. The van der Waals surface area contributed by atoms with Gasteiger partial charge < -0.3 is 10.1 Å². The number of esters is 1. The molecule has 1 atom stereocenters. The highest BCUT2D eigenvalue weighted by Gasteiger charge is 2.11. The smallest absolute Gasteiger partial charge is 0.331 e. The molecule has 2 rings (SSSR count). The second-order valence-electron chi connectivity index (χ2n) is 7.43. The molecule has 1 amide bonds. The van der Waals surface area contributed by atoms with Crippen LogP contribution in [-0.2, 0) is 20.9 Å². The van der Waals surface area contributed by atoms with E-state index in [2.05, 4.69) is 48.5 Å². The summed E-state index contributed by atoms with van der Waals surface area (Å²) in [6, 6.07) is 8.41. The molecular formula is C23H31N3O3. The molecule has 0 aliphatic heterocycles. The van der Waals surface area contributed by atoms with Gasteiger partial charge in [0.25, 0.3) is 5.91 Å².